The van der Waals surface area contributed by atoms with Crippen LogP contribution in [0.25, 0.3) is 0 Å². The number of hydrogen-bond donors (Lipinski definition) is 1. The van der Waals surface area contributed by atoms with Gasteiger partial charge < -0.3 is 10.6 Å². The molecule has 0 aliphatic carbocycles. The minimum Gasteiger partial charge on any atom is -0.334 e. The van der Waals surface area contributed by atoms with Crippen LogP contribution in [0.3, 0.4) is 0 Å². The van der Waals surface area contributed by atoms with Crippen LogP contribution in [0.15, 0.2) is 18.2 Å². The summed E-state index contributed by atoms with van der Waals surface area (Å²) in [5.41, 5.74) is 6.76. The van der Waals surface area contributed by atoms with E-state index in [9.17, 15) is 9.18 Å². The molecular weight excluding hydrogens is 267 g/mol. The average Bonchev–Trinajstić information content (AvgIpc) is 2.41. The van der Waals surface area contributed by atoms with Gasteiger partial charge in [0, 0.05) is 24.7 Å². The summed E-state index contributed by atoms with van der Waals surface area (Å²) in [7, 11) is 0. The van der Waals surface area contributed by atoms with Gasteiger partial charge in [-0.15, -0.1) is 12.4 Å². The van der Waals surface area contributed by atoms with Crippen molar-refractivity contribution in [3.05, 3.63) is 35.1 Å². The Morgan fingerprint density at radius 3 is 2.84 bits per heavy atom. The zero-order valence-electron chi connectivity index (χ0n) is 11.1. The van der Waals surface area contributed by atoms with Crippen LogP contribution in [0.2, 0.25) is 0 Å². The van der Waals surface area contributed by atoms with Gasteiger partial charge in [-0.1, -0.05) is 0 Å². The van der Waals surface area contributed by atoms with Gasteiger partial charge >= 0.3 is 0 Å². The Kier molecular flexibility index (Phi) is 5.76. The van der Waals surface area contributed by atoms with E-state index < -0.39 is 0 Å². The van der Waals surface area contributed by atoms with Gasteiger partial charge in [-0.25, -0.2) is 4.39 Å². The van der Waals surface area contributed by atoms with E-state index in [0.29, 0.717) is 17.7 Å². The number of hydrogen-bond acceptors (Lipinski definition) is 2. The standard InChI is InChI=1S/C14H19FN2O.ClH/c1-10-8-11(5-6-13(10)15)14(18)17-7-3-2-4-12(17)9-16;/h5-6,8,12H,2-4,7,9,16H2,1H3;1H. The molecule has 1 saturated heterocycles. The largest absolute Gasteiger partial charge is 0.334 e. The third kappa shape index (κ3) is 3.45. The Morgan fingerprint density at radius 2 is 2.21 bits per heavy atom. The summed E-state index contributed by atoms with van der Waals surface area (Å²) in [6, 6.07) is 4.63. The SMILES string of the molecule is Cc1cc(C(=O)N2CCCCC2CN)ccc1F.Cl. The summed E-state index contributed by atoms with van der Waals surface area (Å²) in [6.45, 7) is 2.91. The molecule has 1 aliphatic rings. The maximum absolute atomic E-state index is 13.2. The molecule has 1 heterocycles. The van der Waals surface area contributed by atoms with Gasteiger partial charge in [-0.2, -0.15) is 0 Å². The number of benzene rings is 1. The number of carbonyl (C=O) groups excluding carboxylic acids is 1. The van der Waals surface area contributed by atoms with E-state index in [0.717, 1.165) is 25.8 Å². The molecule has 5 heteroatoms. The molecule has 0 spiro atoms. The summed E-state index contributed by atoms with van der Waals surface area (Å²) >= 11 is 0. The summed E-state index contributed by atoms with van der Waals surface area (Å²) in [4.78, 5) is 14.2. The van der Waals surface area contributed by atoms with Gasteiger partial charge in [0.05, 0.1) is 0 Å². The number of piperidine rings is 1. The Balaban J connectivity index is 0.00000180. The molecule has 1 atom stereocenters. The van der Waals surface area contributed by atoms with Crippen molar-refractivity contribution < 1.29 is 9.18 Å². The molecule has 1 aromatic rings. The second kappa shape index (κ2) is 6.87. The minimum atomic E-state index is -0.277. The third-order valence-corrected chi connectivity index (χ3v) is 3.56. The lowest BCUT2D eigenvalue weighted by molar-refractivity contribution is 0.0623. The topological polar surface area (TPSA) is 46.3 Å². The highest BCUT2D eigenvalue weighted by molar-refractivity contribution is 5.94. The maximum Gasteiger partial charge on any atom is 0.254 e. The third-order valence-electron chi connectivity index (χ3n) is 3.56. The zero-order chi connectivity index (χ0) is 13.1. The number of aryl methyl sites for hydroxylation is 1. The molecule has 1 aromatic carbocycles. The molecular formula is C14H20ClFN2O. The summed E-state index contributed by atoms with van der Waals surface area (Å²) in [5, 5.41) is 0. The number of halogens is 2. The second-order valence-electron chi connectivity index (χ2n) is 4.85. The van der Waals surface area contributed by atoms with Crippen LogP contribution in [0.5, 0.6) is 0 Å². The van der Waals surface area contributed by atoms with E-state index in [1.54, 1.807) is 19.1 Å². The smallest absolute Gasteiger partial charge is 0.254 e. The van der Waals surface area contributed by atoms with Gasteiger partial charge in [0.1, 0.15) is 5.82 Å². The van der Waals surface area contributed by atoms with E-state index in [4.69, 9.17) is 5.73 Å². The molecule has 1 aliphatic heterocycles. The Labute approximate surface area is 119 Å². The molecule has 106 valence electrons. The first kappa shape index (κ1) is 15.9. The van der Waals surface area contributed by atoms with E-state index in [1.807, 2.05) is 4.90 Å². The predicted molar refractivity (Wildman–Crippen MR) is 76.1 cm³/mol. The lowest BCUT2D eigenvalue weighted by Gasteiger charge is -2.35. The molecule has 0 bridgehead atoms. The molecule has 19 heavy (non-hydrogen) atoms. The van der Waals surface area contributed by atoms with Crippen molar-refractivity contribution >= 4 is 18.3 Å². The van der Waals surface area contributed by atoms with Crippen molar-refractivity contribution in [1.82, 2.24) is 4.90 Å². The highest BCUT2D eigenvalue weighted by Crippen LogP contribution is 2.20. The van der Waals surface area contributed by atoms with Crippen LogP contribution < -0.4 is 5.73 Å². The van der Waals surface area contributed by atoms with Crippen LogP contribution in [-0.4, -0.2) is 29.9 Å². The number of likely N-dealkylation sites (tertiary alicyclic amines) is 1. The fourth-order valence-corrected chi connectivity index (χ4v) is 2.46. The van der Waals surface area contributed by atoms with Gasteiger partial charge in [-0.3, -0.25) is 4.79 Å². The highest BCUT2D eigenvalue weighted by atomic mass is 35.5. The van der Waals surface area contributed by atoms with Crippen molar-refractivity contribution in [2.75, 3.05) is 13.1 Å². The fourth-order valence-electron chi connectivity index (χ4n) is 2.46. The Morgan fingerprint density at radius 1 is 1.47 bits per heavy atom. The first-order chi connectivity index (χ1) is 8.63. The van der Waals surface area contributed by atoms with Crippen molar-refractivity contribution in [3.63, 3.8) is 0 Å². The Bertz CT molecular complexity index is 453. The van der Waals surface area contributed by atoms with E-state index >= 15 is 0 Å². The molecule has 1 fully saturated rings. The monoisotopic (exact) mass is 286 g/mol. The summed E-state index contributed by atoms with van der Waals surface area (Å²) in [5.74, 6) is -0.311. The lowest BCUT2D eigenvalue weighted by Crippen LogP contribution is -2.47. The highest BCUT2D eigenvalue weighted by Gasteiger charge is 2.26. The first-order valence-electron chi connectivity index (χ1n) is 6.40. The van der Waals surface area contributed by atoms with Crippen molar-refractivity contribution in [2.45, 2.75) is 32.2 Å². The summed E-state index contributed by atoms with van der Waals surface area (Å²) < 4.78 is 13.2. The minimum absolute atomic E-state index is 0. The quantitative estimate of drug-likeness (QED) is 0.908. The van der Waals surface area contributed by atoms with E-state index in [1.165, 1.54) is 6.07 Å². The second-order valence-corrected chi connectivity index (χ2v) is 4.85. The van der Waals surface area contributed by atoms with Crippen LogP contribution in [0, 0.1) is 12.7 Å². The molecule has 0 radical (unpaired) electrons. The van der Waals surface area contributed by atoms with Gasteiger partial charge in [0.2, 0.25) is 0 Å². The predicted octanol–water partition coefficient (Wildman–Crippen LogP) is 2.51. The Hall–Kier alpha value is -1.13. The molecule has 3 nitrogen and oxygen atoms in total. The summed E-state index contributed by atoms with van der Waals surface area (Å²) in [6.07, 6.45) is 3.10. The number of nitrogens with zero attached hydrogens (tertiary/aromatic N) is 1. The zero-order valence-corrected chi connectivity index (χ0v) is 11.9. The van der Waals surface area contributed by atoms with Crippen molar-refractivity contribution in [2.24, 2.45) is 5.73 Å². The lowest BCUT2D eigenvalue weighted by atomic mass is 10.0. The molecule has 2 N–H and O–H groups in total. The van der Waals surface area contributed by atoms with E-state index in [2.05, 4.69) is 0 Å². The van der Waals surface area contributed by atoms with Crippen molar-refractivity contribution in [1.29, 1.82) is 0 Å². The molecule has 2 rings (SSSR count). The average molecular weight is 287 g/mol. The number of amides is 1. The molecule has 1 unspecified atom stereocenters. The van der Waals surface area contributed by atoms with Crippen molar-refractivity contribution in [3.8, 4) is 0 Å². The first-order valence-corrected chi connectivity index (χ1v) is 6.40. The van der Waals surface area contributed by atoms with Crippen LogP contribution in [-0.2, 0) is 0 Å². The fraction of sp³-hybridized carbons (Fsp3) is 0.500. The van der Waals surface area contributed by atoms with Gasteiger partial charge in [0.25, 0.3) is 5.91 Å². The molecule has 0 aromatic heterocycles. The molecule has 1 amide bonds. The maximum atomic E-state index is 13.2. The van der Waals surface area contributed by atoms with Crippen LogP contribution in [0.4, 0.5) is 4.39 Å². The number of carbonyl (C=O) groups is 1. The van der Waals surface area contributed by atoms with Gasteiger partial charge in [-0.05, 0) is 49.9 Å². The normalized spacial score (nSPS) is 18.9. The number of nitrogens with two attached hydrogens (primary N) is 1. The van der Waals surface area contributed by atoms with Crippen LogP contribution >= 0.6 is 12.4 Å². The van der Waals surface area contributed by atoms with Gasteiger partial charge in [0.15, 0.2) is 0 Å². The van der Waals surface area contributed by atoms with Crippen LogP contribution in [0.1, 0.15) is 35.2 Å². The molecule has 0 saturated carbocycles. The number of rotatable bonds is 2. The van der Waals surface area contributed by atoms with E-state index in [-0.39, 0.29) is 30.2 Å².